The van der Waals surface area contributed by atoms with E-state index in [1.807, 2.05) is 58.3 Å². The van der Waals surface area contributed by atoms with Crippen molar-refractivity contribution in [1.82, 2.24) is 15.1 Å². The summed E-state index contributed by atoms with van der Waals surface area (Å²) in [6, 6.07) is 7.51. The number of hydrogen-bond acceptors (Lipinski definition) is 2. The zero-order valence-corrected chi connectivity index (χ0v) is 12.0. The van der Waals surface area contributed by atoms with Crippen LogP contribution < -0.4 is 5.32 Å². The predicted molar refractivity (Wildman–Crippen MR) is 76.9 cm³/mol. The number of carbonyl (C=O) groups is 1. The third-order valence-electron chi connectivity index (χ3n) is 2.53. The van der Waals surface area contributed by atoms with Crippen molar-refractivity contribution in [3.63, 3.8) is 0 Å². The van der Waals surface area contributed by atoms with Crippen LogP contribution >= 0.6 is 0 Å². The van der Waals surface area contributed by atoms with Gasteiger partial charge in [0.1, 0.15) is 0 Å². The maximum absolute atomic E-state index is 11.8. The zero-order valence-electron chi connectivity index (χ0n) is 12.0. The number of rotatable bonds is 3. The molecule has 1 aromatic carbocycles. The highest BCUT2D eigenvalue weighted by Crippen LogP contribution is 2.03. The molecule has 2 aromatic rings. The summed E-state index contributed by atoms with van der Waals surface area (Å²) in [6.07, 6.45) is 3.63. The van der Waals surface area contributed by atoms with Crippen LogP contribution in [0.4, 0.5) is 0 Å². The Morgan fingerprint density at radius 1 is 1.26 bits per heavy atom. The summed E-state index contributed by atoms with van der Waals surface area (Å²) < 4.78 is 1.72. The Hall–Kier alpha value is -2.10. The maximum atomic E-state index is 11.8. The van der Waals surface area contributed by atoms with Crippen LogP contribution in [0.3, 0.4) is 0 Å². The Morgan fingerprint density at radius 2 is 1.89 bits per heavy atom. The monoisotopic (exact) mass is 259 g/mol. The second kappa shape index (κ2) is 7.36. The van der Waals surface area contributed by atoms with Gasteiger partial charge in [0.05, 0.1) is 6.20 Å². The minimum Gasteiger partial charge on any atom is -0.348 e. The van der Waals surface area contributed by atoms with Gasteiger partial charge in [-0.1, -0.05) is 31.5 Å². The molecule has 0 atom stereocenters. The van der Waals surface area contributed by atoms with E-state index in [9.17, 15) is 4.79 Å². The number of aryl methyl sites for hydroxylation is 2. The van der Waals surface area contributed by atoms with Gasteiger partial charge in [0.2, 0.25) is 0 Å². The molecule has 0 saturated heterocycles. The smallest absolute Gasteiger partial charge is 0.251 e. The first-order valence-corrected chi connectivity index (χ1v) is 6.47. The topological polar surface area (TPSA) is 46.9 Å². The molecule has 0 aliphatic heterocycles. The van der Waals surface area contributed by atoms with Crippen molar-refractivity contribution in [2.24, 2.45) is 7.05 Å². The Kier molecular flexibility index (Phi) is 5.79. The van der Waals surface area contributed by atoms with Gasteiger partial charge in [-0.25, -0.2) is 0 Å². The fourth-order valence-corrected chi connectivity index (χ4v) is 1.55. The summed E-state index contributed by atoms with van der Waals surface area (Å²) in [4.78, 5) is 11.8. The van der Waals surface area contributed by atoms with Crippen LogP contribution in [0, 0.1) is 6.92 Å². The zero-order chi connectivity index (χ0) is 14.3. The lowest BCUT2D eigenvalue weighted by Crippen LogP contribution is -2.22. The minimum atomic E-state index is -0.0612. The average Bonchev–Trinajstić information content (AvgIpc) is 2.85. The molecule has 1 heterocycles. The minimum absolute atomic E-state index is 0.0612. The van der Waals surface area contributed by atoms with Crippen molar-refractivity contribution in [2.75, 3.05) is 0 Å². The summed E-state index contributed by atoms with van der Waals surface area (Å²) in [6.45, 7) is 6.50. The number of aromatic nitrogens is 2. The molecular weight excluding hydrogens is 238 g/mol. The highest BCUT2D eigenvalue weighted by atomic mass is 16.1. The molecular formula is C15H21N3O. The molecule has 1 aromatic heterocycles. The highest BCUT2D eigenvalue weighted by Gasteiger charge is 2.04. The van der Waals surface area contributed by atoms with E-state index in [0.29, 0.717) is 12.1 Å². The normalized spacial score (nSPS) is 9.47. The Labute approximate surface area is 114 Å². The highest BCUT2D eigenvalue weighted by molar-refractivity contribution is 5.94. The molecule has 0 aliphatic carbocycles. The number of carbonyl (C=O) groups excluding carboxylic acids is 1. The first-order valence-electron chi connectivity index (χ1n) is 6.47. The van der Waals surface area contributed by atoms with Crippen LogP contribution in [0.5, 0.6) is 0 Å². The van der Waals surface area contributed by atoms with Crippen molar-refractivity contribution in [2.45, 2.75) is 27.3 Å². The molecule has 0 aliphatic rings. The molecule has 1 N–H and O–H groups in total. The van der Waals surface area contributed by atoms with Gasteiger partial charge < -0.3 is 5.32 Å². The van der Waals surface area contributed by atoms with E-state index in [2.05, 4.69) is 10.4 Å². The van der Waals surface area contributed by atoms with Crippen LogP contribution in [-0.2, 0) is 13.6 Å². The SMILES string of the molecule is CC.Cc1ccc(C(=O)NCc2cnn(C)c2)cc1. The van der Waals surface area contributed by atoms with Gasteiger partial charge in [-0.3, -0.25) is 9.48 Å². The number of amides is 1. The average molecular weight is 259 g/mol. The van der Waals surface area contributed by atoms with Crippen LogP contribution in [0.25, 0.3) is 0 Å². The molecule has 2 rings (SSSR count). The van der Waals surface area contributed by atoms with E-state index < -0.39 is 0 Å². The standard InChI is InChI=1S/C13H15N3O.C2H6/c1-10-3-5-12(6-4-10)13(17)14-7-11-8-15-16(2)9-11;1-2/h3-6,8-9H,7H2,1-2H3,(H,14,17);1-2H3. The van der Waals surface area contributed by atoms with Gasteiger partial charge in [-0.15, -0.1) is 0 Å². The van der Waals surface area contributed by atoms with E-state index in [0.717, 1.165) is 11.1 Å². The first kappa shape index (κ1) is 15.0. The van der Waals surface area contributed by atoms with Gasteiger partial charge >= 0.3 is 0 Å². The van der Waals surface area contributed by atoms with Crippen LogP contribution in [0.1, 0.15) is 35.3 Å². The van der Waals surface area contributed by atoms with Crippen LogP contribution in [0.15, 0.2) is 36.7 Å². The third-order valence-corrected chi connectivity index (χ3v) is 2.53. The van der Waals surface area contributed by atoms with Gasteiger partial charge in [-0.2, -0.15) is 5.10 Å². The molecule has 0 bridgehead atoms. The fraction of sp³-hybridized carbons (Fsp3) is 0.333. The second-order valence-corrected chi connectivity index (χ2v) is 4.07. The maximum Gasteiger partial charge on any atom is 0.251 e. The molecule has 0 spiro atoms. The van der Waals surface area contributed by atoms with Crippen molar-refractivity contribution < 1.29 is 4.79 Å². The summed E-state index contributed by atoms with van der Waals surface area (Å²) in [5, 5.41) is 6.90. The Morgan fingerprint density at radius 3 is 2.42 bits per heavy atom. The molecule has 19 heavy (non-hydrogen) atoms. The summed E-state index contributed by atoms with van der Waals surface area (Å²) >= 11 is 0. The number of nitrogens with zero attached hydrogens (tertiary/aromatic N) is 2. The first-order chi connectivity index (χ1) is 9.15. The van der Waals surface area contributed by atoms with Crippen molar-refractivity contribution >= 4 is 5.91 Å². The second-order valence-electron chi connectivity index (χ2n) is 4.07. The van der Waals surface area contributed by atoms with Gasteiger partial charge in [-0.05, 0) is 19.1 Å². The third kappa shape index (κ3) is 4.58. The Bertz CT molecular complexity index is 514. The molecule has 0 unspecified atom stereocenters. The van der Waals surface area contributed by atoms with E-state index in [4.69, 9.17) is 0 Å². The van der Waals surface area contributed by atoms with Crippen LogP contribution in [0.2, 0.25) is 0 Å². The molecule has 1 amide bonds. The lowest BCUT2D eigenvalue weighted by atomic mass is 10.1. The molecule has 0 saturated carbocycles. The van der Waals surface area contributed by atoms with Crippen molar-refractivity contribution in [3.8, 4) is 0 Å². The van der Waals surface area contributed by atoms with E-state index in [-0.39, 0.29) is 5.91 Å². The predicted octanol–water partition coefficient (Wildman–Crippen LogP) is 2.68. The summed E-state index contributed by atoms with van der Waals surface area (Å²) in [7, 11) is 1.85. The summed E-state index contributed by atoms with van der Waals surface area (Å²) in [5.74, 6) is -0.0612. The molecule has 0 radical (unpaired) electrons. The number of hydrogen-bond donors (Lipinski definition) is 1. The number of benzene rings is 1. The molecule has 4 heteroatoms. The fourth-order valence-electron chi connectivity index (χ4n) is 1.55. The van der Waals surface area contributed by atoms with Crippen LogP contribution in [-0.4, -0.2) is 15.7 Å². The van der Waals surface area contributed by atoms with Gasteiger partial charge in [0.25, 0.3) is 5.91 Å². The van der Waals surface area contributed by atoms with Gasteiger partial charge in [0.15, 0.2) is 0 Å². The van der Waals surface area contributed by atoms with Gasteiger partial charge in [0, 0.05) is 30.9 Å². The lowest BCUT2D eigenvalue weighted by molar-refractivity contribution is 0.0951. The molecule has 102 valence electrons. The molecule has 4 nitrogen and oxygen atoms in total. The lowest BCUT2D eigenvalue weighted by Gasteiger charge is -2.03. The van der Waals surface area contributed by atoms with Crippen molar-refractivity contribution in [1.29, 1.82) is 0 Å². The van der Waals surface area contributed by atoms with E-state index in [1.54, 1.807) is 10.9 Å². The summed E-state index contributed by atoms with van der Waals surface area (Å²) in [5.41, 5.74) is 2.82. The van der Waals surface area contributed by atoms with Crippen molar-refractivity contribution in [3.05, 3.63) is 53.3 Å². The largest absolute Gasteiger partial charge is 0.348 e. The number of nitrogens with one attached hydrogen (secondary N) is 1. The Balaban J connectivity index is 0.000000861. The van der Waals surface area contributed by atoms with E-state index in [1.165, 1.54) is 0 Å². The van der Waals surface area contributed by atoms with E-state index >= 15 is 0 Å². The quantitative estimate of drug-likeness (QED) is 0.921. The molecule has 0 fully saturated rings.